The number of hydrogen-bond acceptors (Lipinski definition) is 6. The number of rotatable bonds is 6. The average Bonchev–Trinajstić information content (AvgIpc) is 3.15. The van der Waals surface area contributed by atoms with Gasteiger partial charge in [0.25, 0.3) is 11.2 Å². The van der Waals surface area contributed by atoms with E-state index < -0.39 is 10.5 Å². The first-order valence-corrected chi connectivity index (χ1v) is 8.24. The van der Waals surface area contributed by atoms with Crippen LogP contribution in [0.2, 0.25) is 0 Å². The topological polar surface area (TPSA) is 116 Å². The van der Waals surface area contributed by atoms with E-state index in [2.05, 4.69) is 10.4 Å². The van der Waals surface area contributed by atoms with E-state index in [0.717, 1.165) is 17.5 Å². The van der Waals surface area contributed by atoms with Crippen molar-refractivity contribution in [1.29, 1.82) is 0 Å². The number of benzene rings is 1. The van der Waals surface area contributed by atoms with Crippen LogP contribution in [0.5, 0.6) is 0 Å². The summed E-state index contributed by atoms with van der Waals surface area (Å²) < 4.78 is 6.50. The standard InChI is InChI=1S/C17H18N4O5/c22-16(18-10-14-2-1-9-26-14)11-20-17(23)8-7-15(19-20)12-3-5-13(6-4-12)21(24)25/h3-8,14H,1-2,9-11H2,(H,18,22). The van der Waals surface area contributed by atoms with E-state index in [1.54, 1.807) is 12.1 Å². The van der Waals surface area contributed by atoms with Crippen molar-refractivity contribution >= 4 is 11.6 Å². The van der Waals surface area contributed by atoms with Crippen LogP contribution >= 0.6 is 0 Å². The molecule has 9 heteroatoms. The Morgan fingerprint density at radius 1 is 1.31 bits per heavy atom. The maximum absolute atomic E-state index is 12.0. The monoisotopic (exact) mass is 358 g/mol. The Balaban J connectivity index is 1.69. The molecule has 136 valence electrons. The largest absolute Gasteiger partial charge is 0.376 e. The predicted octanol–water partition coefficient (Wildman–Crippen LogP) is 1.11. The molecule has 1 N–H and O–H groups in total. The molecule has 26 heavy (non-hydrogen) atoms. The van der Waals surface area contributed by atoms with Crippen molar-refractivity contribution in [2.24, 2.45) is 0 Å². The Hall–Kier alpha value is -3.07. The highest BCUT2D eigenvalue weighted by Crippen LogP contribution is 2.19. The van der Waals surface area contributed by atoms with Gasteiger partial charge in [-0.2, -0.15) is 5.10 Å². The van der Waals surface area contributed by atoms with E-state index in [1.165, 1.54) is 24.3 Å². The first kappa shape index (κ1) is 17.7. The van der Waals surface area contributed by atoms with E-state index in [-0.39, 0.29) is 24.2 Å². The summed E-state index contributed by atoms with van der Waals surface area (Å²) in [6.07, 6.45) is 1.92. The lowest BCUT2D eigenvalue weighted by Gasteiger charge is -2.11. The van der Waals surface area contributed by atoms with E-state index in [4.69, 9.17) is 4.74 Å². The van der Waals surface area contributed by atoms with Gasteiger partial charge in [-0.3, -0.25) is 19.7 Å². The molecule has 3 rings (SSSR count). The second kappa shape index (κ2) is 7.87. The lowest BCUT2D eigenvalue weighted by Crippen LogP contribution is -2.37. The van der Waals surface area contributed by atoms with Crippen molar-refractivity contribution in [3.05, 3.63) is 56.9 Å². The number of carbonyl (C=O) groups excluding carboxylic acids is 1. The Labute approximate surface area is 148 Å². The molecule has 0 spiro atoms. The molecule has 1 saturated heterocycles. The lowest BCUT2D eigenvalue weighted by atomic mass is 10.1. The molecule has 0 radical (unpaired) electrons. The Morgan fingerprint density at radius 2 is 2.08 bits per heavy atom. The number of ether oxygens (including phenoxy) is 1. The fraction of sp³-hybridized carbons (Fsp3) is 0.353. The Morgan fingerprint density at radius 3 is 2.73 bits per heavy atom. The van der Waals surface area contributed by atoms with Crippen LogP contribution in [0.25, 0.3) is 11.3 Å². The number of nitrogens with one attached hydrogen (secondary N) is 1. The van der Waals surface area contributed by atoms with Crippen LogP contribution in [0.15, 0.2) is 41.2 Å². The number of non-ortho nitro benzene ring substituents is 1. The smallest absolute Gasteiger partial charge is 0.269 e. The minimum Gasteiger partial charge on any atom is -0.376 e. The van der Waals surface area contributed by atoms with E-state index in [9.17, 15) is 19.7 Å². The van der Waals surface area contributed by atoms with Crippen molar-refractivity contribution in [3.8, 4) is 11.3 Å². The van der Waals surface area contributed by atoms with E-state index >= 15 is 0 Å². The highest BCUT2D eigenvalue weighted by atomic mass is 16.6. The summed E-state index contributed by atoms with van der Waals surface area (Å²) in [6.45, 7) is 0.917. The van der Waals surface area contributed by atoms with Gasteiger partial charge in [0.05, 0.1) is 16.7 Å². The van der Waals surface area contributed by atoms with Gasteiger partial charge < -0.3 is 10.1 Å². The molecule has 0 bridgehead atoms. The maximum atomic E-state index is 12.0. The molecule has 1 atom stereocenters. The summed E-state index contributed by atoms with van der Waals surface area (Å²) >= 11 is 0. The third-order valence-electron chi connectivity index (χ3n) is 4.08. The van der Waals surface area contributed by atoms with Crippen molar-refractivity contribution in [2.45, 2.75) is 25.5 Å². The molecule has 1 aliphatic heterocycles. The quantitative estimate of drug-likeness (QED) is 0.611. The summed E-state index contributed by atoms with van der Waals surface area (Å²) in [6, 6.07) is 8.66. The fourth-order valence-corrected chi connectivity index (χ4v) is 2.69. The number of carbonyl (C=O) groups is 1. The van der Waals surface area contributed by atoms with E-state index in [1.807, 2.05) is 0 Å². The van der Waals surface area contributed by atoms with Gasteiger partial charge >= 0.3 is 0 Å². The van der Waals surface area contributed by atoms with Crippen LogP contribution in [0.4, 0.5) is 5.69 Å². The first-order chi connectivity index (χ1) is 12.5. The van der Waals surface area contributed by atoms with Gasteiger partial charge in [0.1, 0.15) is 6.54 Å². The fourth-order valence-electron chi connectivity index (χ4n) is 2.69. The molecular weight excluding hydrogens is 340 g/mol. The van der Waals surface area contributed by atoms with Gasteiger partial charge in [-0.25, -0.2) is 4.68 Å². The third kappa shape index (κ3) is 4.31. The van der Waals surface area contributed by atoms with Gasteiger partial charge in [-0.05, 0) is 31.0 Å². The molecular formula is C17H18N4O5. The summed E-state index contributed by atoms with van der Waals surface area (Å²) in [7, 11) is 0. The van der Waals surface area contributed by atoms with Crippen LogP contribution in [-0.2, 0) is 16.1 Å². The number of hydrogen-bond donors (Lipinski definition) is 1. The predicted molar refractivity (Wildman–Crippen MR) is 92.6 cm³/mol. The van der Waals surface area contributed by atoms with Gasteiger partial charge in [0, 0.05) is 36.9 Å². The summed E-state index contributed by atoms with van der Waals surface area (Å²) in [4.78, 5) is 34.2. The average molecular weight is 358 g/mol. The zero-order chi connectivity index (χ0) is 18.5. The normalized spacial score (nSPS) is 16.4. The van der Waals surface area contributed by atoms with Crippen LogP contribution in [0, 0.1) is 10.1 Å². The number of nitrogens with zero attached hydrogens (tertiary/aromatic N) is 3. The number of amides is 1. The minimum absolute atomic E-state index is 0.0232. The number of aromatic nitrogens is 2. The number of nitro benzene ring substituents is 1. The molecule has 1 fully saturated rings. The summed E-state index contributed by atoms with van der Waals surface area (Å²) in [5.74, 6) is -0.323. The second-order valence-corrected chi connectivity index (χ2v) is 5.96. The second-order valence-electron chi connectivity index (χ2n) is 5.96. The highest BCUT2D eigenvalue weighted by molar-refractivity contribution is 5.75. The summed E-state index contributed by atoms with van der Waals surface area (Å²) in [5, 5.41) is 17.6. The molecule has 9 nitrogen and oxygen atoms in total. The van der Waals surface area contributed by atoms with Crippen molar-refractivity contribution in [3.63, 3.8) is 0 Å². The zero-order valence-corrected chi connectivity index (χ0v) is 14.0. The molecule has 1 amide bonds. The van der Waals surface area contributed by atoms with Gasteiger partial charge in [-0.15, -0.1) is 0 Å². The molecule has 0 aliphatic carbocycles. The summed E-state index contributed by atoms with van der Waals surface area (Å²) in [5.41, 5.74) is 0.633. The molecule has 2 heterocycles. The van der Waals surface area contributed by atoms with Gasteiger partial charge in [-0.1, -0.05) is 0 Å². The first-order valence-electron chi connectivity index (χ1n) is 8.24. The number of nitro groups is 1. The minimum atomic E-state index is -0.490. The molecule has 2 aromatic rings. The van der Waals surface area contributed by atoms with Crippen LogP contribution in [-0.4, -0.2) is 39.9 Å². The lowest BCUT2D eigenvalue weighted by molar-refractivity contribution is -0.384. The van der Waals surface area contributed by atoms with E-state index in [0.29, 0.717) is 24.4 Å². The van der Waals surface area contributed by atoms with Crippen LogP contribution in [0.1, 0.15) is 12.8 Å². The highest BCUT2D eigenvalue weighted by Gasteiger charge is 2.16. The van der Waals surface area contributed by atoms with Gasteiger partial charge in [0.15, 0.2) is 0 Å². The molecule has 0 saturated carbocycles. The third-order valence-corrected chi connectivity index (χ3v) is 4.08. The SMILES string of the molecule is O=C(Cn1nc(-c2ccc([N+](=O)[O-])cc2)ccc1=O)NCC1CCCO1. The molecule has 1 unspecified atom stereocenters. The Kier molecular flexibility index (Phi) is 5.37. The molecule has 1 aromatic carbocycles. The Bertz CT molecular complexity index is 856. The van der Waals surface area contributed by atoms with Crippen molar-refractivity contribution in [1.82, 2.24) is 15.1 Å². The van der Waals surface area contributed by atoms with Crippen LogP contribution in [0.3, 0.4) is 0 Å². The molecule has 1 aromatic heterocycles. The zero-order valence-electron chi connectivity index (χ0n) is 14.0. The van der Waals surface area contributed by atoms with Gasteiger partial charge in [0.2, 0.25) is 5.91 Å². The van der Waals surface area contributed by atoms with Crippen molar-refractivity contribution in [2.75, 3.05) is 13.2 Å². The maximum Gasteiger partial charge on any atom is 0.269 e. The molecule has 1 aliphatic rings. The van der Waals surface area contributed by atoms with Crippen molar-refractivity contribution < 1.29 is 14.5 Å². The van der Waals surface area contributed by atoms with Crippen LogP contribution < -0.4 is 10.9 Å².